The molecule has 2 heterocycles. The summed E-state index contributed by atoms with van der Waals surface area (Å²) < 4.78 is 2.12. The van der Waals surface area contributed by atoms with Crippen molar-refractivity contribution in [1.82, 2.24) is 20.3 Å². The standard InChI is InChI=1S/C9H14N4/c1-2-7(1)6-13-9-3-4-10-5-8(9)11-12-13/h7,10H,1-6H2. The van der Waals surface area contributed by atoms with Gasteiger partial charge in [-0.05, 0) is 18.8 Å². The van der Waals surface area contributed by atoms with E-state index < -0.39 is 0 Å². The number of hydrogen-bond donors (Lipinski definition) is 1. The Balaban J connectivity index is 1.86. The molecule has 0 atom stereocenters. The Labute approximate surface area is 77.3 Å². The molecule has 70 valence electrons. The van der Waals surface area contributed by atoms with E-state index in [1.807, 2.05) is 0 Å². The zero-order valence-corrected chi connectivity index (χ0v) is 7.66. The Kier molecular flexibility index (Phi) is 1.62. The molecule has 1 fully saturated rings. The Hall–Kier alpha value is -0.900. The van der Waals surface area contributed by atoms with Crippen LogP contribution < -0.4 is 5.32 Å². The Morgan fingerprint density at radius 3 is 3.23 bits per heavy atom. The first-order chi connectivity index (χ1) is 6.43. The van der Waals surface area contributed by atoms with E-state index in [1.165, 1.54) is 18.5 Å². The largest absolute Gasteiger partial charge is 0.311 e. The molecule has 1 aliphatic heterocycles. The molecule has 1 aliphatic carbocycles. The van der Waals surface area contributed by atoms with Gasteiger partial charge in [-0.25, -0.2) is 4.68 Å². The van der Waals surface area contributed by atoms with Gasteiger partial charge in [0, 0.05) is 26.1 Å². The van der Waals surface area contributed by atoms with Gasteiger partial charge in [-0.1, -0.05) is 5.21 Å². The van der Waals surface area contributed by atoms with Crippen LogP contribution in [-0.4, -0.2) is 21.5 Å². The molecular weight excluding hydrogens is 164 g/mol. The minimum absolute atomic E-state index is 0.890. The molecule has 0 unspecified atom stereocenters. The monoisotopic (exact) mass is 178 g/mol. The van der Waals surface area contributed by atoms with E-state index in [-0.39, 0.29) is 0 Å². The second-order valence-electron chi connectivity index (χ2n) is 4.04. The van der Waals surface area contributed by atoms with Crippen molar-refractivity contribution in [2.24, 2.45) is 5.92 Å². The van der Waals surface area contributed by atoms with Crippen LogP contribution in [0.4, 0.5) is 0 Å². The van der Waals surface area contributed by atoms with Gasteiger partial charge in [0.1, 0.15) is 0 Å². The molecule has 13 heavy (non-hydrogen) atoms. The first-order valence-corrected chi connectivity index (χ1v) is 5.05. The van der Waals surface area contributed by atoms with Crippen molar-refractivity contribution in [3.63, 3.8) is 0 Å². The molecule has 1 aromatic rings. The number of hydrogen-bond acceptors (Lipinski definition) is 3. The van der Waals surface area contributed by atoms with Gasteiger partial charge >= 0.3 is 0 Å². The smallest absolute Gasteiger partial charge is 0.0997 e. The van der Waals surface area contributed by atoms with Gasteiger partial charge < -0.3 is 5.32 Å². The molecule has 1 saturated carbocycles. The van der Waals surface area contributed by atoms with Crippen LogP contribution in [0.15, 0.2) is 0 Å². The maximum absolute atomic E-state index is 4.20. The number of aromatic nitrogens is 3. The van der Waals surface area contributed by atoms with Crippen LogP contribution in [0.1, 0.15) is 24.2 Å². The van der Waals surface area contributed by atoms with E-state index in [9.17, 15) is 0 Å². The van der Waals surface area contributed by atoms with Crippen LogP contribution in [0.3, 0.4) is 0 Å². The van der Waals surface area contributed by atoms with Crippen LogP contribution in [0.5, 0.6) is 0 Å². The lowest BCUT2D eigenvalue weighted by Crippen LogP contribution is -2.25. The number of nitrogens with zero attached hydrogens (tertiary/aromatic N) is 3. The number of fused-ring (bicyclic) bond motifs is 1. The fourth-order valence-electron chi connectivity index (χ4n) is 1.88. The van der Waals surface area contributed by atoms with Gasteiger partial charge in [-0.3, -0.25) is 0 Å². The Bertz CT molecular complexity index is 313. The van der Waals surface area contributed by atoms with Gasteiger partial charge in [-0.2, -0.15) is 0 Å². The molecule has 0 aromatic carbocycles. The van der Waals surface area contributed by atoms with Crippen LogP contribution in [0, 0.1) is 5.92 Å². The highest BCUT2D eigenvalue weighted by Crippen LogP contribution is 2.31. The summed E-state index contributed by atoms with van der Waals surface area (Å²) in [6, 6.07) is 0. The minimum atomic E-state index is 0.890. The molecule has 0 bridgehead atoms. The van der Waals surface area contributed by atoms with Gasteiger partial charge in [0.15, 0.2) is 0 Å². The predicted octanol–water partition coefficient (Wildman–Crippen LogP) is 0.334. The fourth-order valence-corrected chi connectivity index (χ4v) is 1.88. The number of nitrogens with one attached hydrogen (secondary N) is 1. The lowest BCUT2D eigenvalue weighted by molar-refractivity contribution is 0.513. The highest BCUT2D eigenvalue weighted by Gasteiger charge is 2.25. The molecule has 4 heteroatoms. The normalized spacial score (nSPS) is 21.5. The van der Waals surface area contributed by atoms with Crippen molar-refractivity contribution in [2.45, 2.75) is 32.4 Å². The molecule has 1 N–H and O–H groups in total. The predicted molar refractivity (Wildman–Crippen MR) is 48.2 cm³/mol. The van der Waals surface area contributed by atoms with Crippen molar-refractivity contribution in [3.05, 3.63) is 11.4 Å². The lowest BCUT2D eigenvalue weighted by atomic mass is 10.2. The summed E-state index contributed by atoms with van der Waals surface area (Å²) in [4.78, 5) is 0. The molecule has 0 saturated heterocycles. The van der Waals surface area contributed by atoms with E-state index in [1.54, 1.807) is 0 Å². The van der Waals surface area contributed by atoms with Crippen molar-refractivity contribution in [3.8, 4) is 0 Å². The van der Waals surface area contributed by atoms with Crippen molar-refractivity contribution >= 4 is 0 Å². The molecule has 4 nitrogen and oxygen atoms in total. The quantitative estimate of drug-likeness (QED) is 0.710. The first-order valence-electron chi connectivity index (χ1n) is 5.05. The number of rotatable bonds is 2. The average Bonchev–Trinajstić information content (AvgIpc) is 2.88. The second kappa shape index (κ2) is 2.80. The lowest BCUT2D eigenvalue weighted by Gasteiger charge is -2.12. The van der Waals surface area contributed by atoms with Crippen molar-refractivity contribution in [1.29, 1.82) is 0 Å². The summed E-state index contributed by atoms with van der Waals surface area (Å²) in [7, 11) is 0. The van der Waals surface area contributed by atoms with Crippen molar-refractivity contribution in [2.75, 3.05) is 6.54 Å². The van der Waals surface area contributed by atoms with E-state index >= 15 is 0 Å². The van der Waals surface area contributed by atoms with E-state index in [0.717, 1.165) is 37.7 Å². The highest BCUT2D eigenvalue weighted by atomic mass is 15.4. The minimum Gasteiger partial charge on any atom is -0.311 e. The summed E-state index contributed by atoms with van der Waals surface area (Å²) >= 11 is 0. The molecular formula is C9H14N4. The third kappa shape index (κ3) is 1.35. The summed E-state index contributed by atoms with van der Waals surface area (Å²) in [5.41, 5.74) is 2.53. The first kappa shape index (κ1) is 7.50. The molecule has 0 radical (unpaired) electrons. The zero-order chi connectivity index (χ0) is 8.67. The average molecular weight is 178 g/mol. The summed E-state index contributed by atoms with van der Waals surface area (Å²) in [5.74, 6) is 0.890. The third-order valence-electron chi connectivity index (χ3n) is 2.88. The third-order valence-corrected chi connectivity index (χ3v) is 2.88. The van der Waals surface area contributed by atoms with Crippen LogP contribution in [0.25, 0.3) is 0 Å². The van der Waals surface area contributed by atoms with Crippen LogP contribution in [-0.2, 0) is 19.5 Å². The van der Waals surface area contributed by atoms with Gasteiger partial charge in [0.2, 0.25) is 0 Å². The molecule has 1 aromatic heterocycles. The van der Waals surface area contributed by atoms with Crippen molar-refractivity contribution < 1.29 is 0 Å². The molecule has 0 amide bonds. The van der Waals surface area contributed by atoms with Gasteiger partial charge in [-0.15, -0.1) is 5.10 Å². The van der Waals surface area contributed by atoms with Crippen LogP contribution >= 0.6 is 0 Å². The second-order valence-corrected chi connectivity index (χ2v) is 4.04. The SMILES string of the molecule is C1Cc2c(nnn2CC2CC2)CN1. The zero-order valence-electron chi connectivity index (χ0n) is 7.66. The fraction of sp³-hybridized carbons (Fsp3) is 0.778. The summed E-state index contributed by atoms with van der Waals surface area (Å²) in [5, 5.41) is 11.7. The van der Waals surface area contributed by atoms with Gasteiger partial charge in [0.05, 0.1) is 11.4 Å². The topological polar surface area (TPSA) is 42.7 Å². The molecule has 2 aliphatic rings. The summed E-state index contributed by atoms with van der Waals surface area (Å²) in [6.45, 7) is 3.08. The Morgan fingerprint density at radius 2 is 2.38 bits per heavy atom. The van der Waals surface area contributed by atoms with Gasteiger partial charge in [0.25, 0.3) is 0 Å². The van der Waals surface area contributed by atoms with Crippen LogP contribution in [0.2, 0.25) is 0 Å². The van der Waals surface area contributed by atoms with E-state index in [2.05, 4.69) is 20.3 Å². The Morgan fingerprint density at radius 1 is 1.46 bits per heavy atom. The molecule has 0 spiro atoms. The maximum atomic E-state index is 4.20. The maximum Gasteiger partial charge on any atom is 0.0997 e. The molecule has 3 rings (SSSR count). The summed E-state index contributed by atoms with van der Waals surface area (Å²) in [6.07, 6.45) is 3.86. The highest BCUT2D eigenvalue weighted by molar-refractivity contribution is 5.13. The van der Waals surface area contributed by atoms with E-state index in [4.69, 9.17) is 0 Å². The van der Waals surface area contributed by atoms with E-state index in [0.29, 0.717) is 0 Å².